The maximum Gasteiger partial charge on any atom is 0.101 e. The molecule has 0 saturated heterocycles. The molecule has 1 fully saturated rings. The second kappa shape index (κ2) is 5.20. The number of benzene rings is 1. The minimum atomic E-state index is -0.00777. The number of hydrogen-bond acceptors (Lipinski definition) is 3. The number of nitriles is 1. The Morgan fingerprint density at radius 2 is 2.24 bits per heavy atom. The Labute approximate surface area is 102 Å². The summed E-state index contributed by atoms with van der Waals surface area (Å²) < 4.78 is 0. The zero-order valence-electron chi connectivity index (χ0n) is 10.2. The van der Waals surface area contributed by atoms with Gasteiger partial charge in [0.15, 0.2) is 0 Å². The van der Waals surface area contributed by atoms with E-state index >= 15 is 0 Å². The Morgan fingerprint density at radius 1 is 1.47 bits per heavy atom. The summed E-state index contributed by atoms with van der Waals surface area (Å²) in [7, 11) is 0. The van der Waals surface area contributed by atoms with E-state index in [0.29, 0.717) is 11.6 Å². The van der Waals surface area contributed by atoms with Crippen LogP contribution < -0.4 is 4.90 Å². The molecular weight excluding hydrogens is 212 g/mol. The van der Waals surface area contributed by atoms with Crippen LogP contribution in [0.15, 0.2) is 18.2 Å². The van der Waals surface area contributed by atoms with Crippen LogP contribution in [0.5, 0.6) is 0 Å². The molecule has 1 N–H and O–H groups in total. The largest absolute Gasteiger partial charge is 0.392 e. The zero-order chi connectivity index (χ0) is 12.3. The molecule has 0 unspecified atom stereocenters. The van der Waals surface area contributed by atoms with Crippen LogP contribution in [0, 0.1) is 11.3 Å². The first-order chi connectivity index (χ1) is 8.30. The third-order valence-electron chi connectivity index (χ3n) is 3.13. The second-order valence-electron chi connectivity index (χ2n) is 4.55. The normalized spacial score (nSPS) is 14.4. The van der Waals surface area contributed by atoms with E-state index in [9.17, 15) is 5.26 Å². The molecule has 0 bridgehead atoms. The summed E-state index contributed by atoms with van der Waals surface area (Å²) in [5.74, 6) is 0. The first kappa shape index (κ1) is 11.9. The van der Waals surface area contributed by atoms with Gasteiger partial charge in [0.2, 0.25) is 0 Å². The van der Waals surface area contributed by atoms with Crippen LogP contribution in [0.25, 0.3) is 0 Å². The highest BCUT2D eigenvalue weighted by atomic mass is 16.3. The fraction of sp³-hybridized carbons (Fsp3) is 0.500. The van der Waals surface area contributed by atoms with E-state index in [4.69, 9.17) is 5.11 Å². The van der Waals surface area contributed by atoms with Crippen molar-refractivity contribution in [3.63, 3.8) is 0 Å². The number of hydrogen-bond donors (Lipinski definition) is 1. The average molecular weight is 230 g/mol. The summed E-state index contributed by atoms with van der Waals surface area (Å²) >= 11 is 0. The van der Waals surface area contributed by atoms with Gasteiger partial charge in [0, 0.05) is 12.6 Å². The fourth-order valence-corrected chi connectivity index (χ4v) is 2.15. The van der Waals surface area contributed by atoms with Crippen molar-refractivity contribution in [2.75, 3.05) is 11.4 Å². The van der Waals surface area contributed by atoms with Crippen LogP contribution in [-0.2, 0) is 6.61 Å². The van der Waals surface area contributed by atoms with Crippen molar-refractivity contribution in [1.82, 2.24) is 0 Å². The minimum absolute atomic E-state index is 0.00777. The average Bonchev–Trinajstić information content (AvgIpc) is 3.19. The van der Waals surface area contributed by atoms with E-state index in [0.717, 1.165) is 24.2 Å². The molecule has 0 heterocycles. The topological polar surface area (TPSA) is 47.3 Å². The maximum absolute atomic E-state index is 9.20. The number of rotatable bonds is 5. The molecule has 17 heavy (non-hydrogen) atoms. The van der Waals surface area contributed by atoms with Crippen molar-refractivity contribution in [3.8, 4) is 6.07 Å². The number of nitrogens with zero attached hydrogens (tertiary/aromatic N) is 2. The van der Waals surface area contributed by atoms with Crippen molar-refractivity contribution in [3.05, 3.63) is 29.3 Å². The van der Waals surface area contributed by atoms with Gasteiger partial charge in [-0.1, -0.05) is 13.0 Å². The van der Waals surface area contributed by atoms with Crippen LogP contribution >= 0.6 is 0 Å². The van der Waals surface area contributed by atoms with E-state index in [2.05, 4.69) is 17.9 Å². The molecule has 2 rings (SSSR count). The van der Waals surface area contributed by atoms with E-state index in [1.165, 1.54) is 12.8 Å². The third-order valence-corrected chi connectivity index (χ3v) is 3.13. The Balaban J connectivity index is 2.32. The Hall–Kier alpha value is -1.53. The van der Waals surface area contributed by atoms with Crippen molar-refractivity contribution >= 4 is 5.69 Å². The lowest BCUT2D eigenvalue weighted by molar-refractivity contribution is 0.282. The number of anilines is 1. The van der Waals surface area contributed by atoms with Crippen molar-refractivity contribution in [1.29, 1.82) is 5.26 Å². The lowest BCUT2D eigenvalue weighted by Gasteiger charge is -2.25. The van der Waals surface area contributed by atoms with Gasteiger partial charge in [0.05, 0.1) is 17.9 Å². The molecule has 1 aliphatic carbocycles. The van der Waals surface area contributed by atoms with Crippen LogP contribution in [0.2, 0.25) is 0 Å². The van der Waals surface area contributed by atoms with Gasteiger partial charge in [-0.25, -0.2) is 0 Å². The predicted octanol–water partition coefficient (Wildman–Crippen LogP) is 2.43. The maximum atomic E-state index is 9.20. The Kier molecular flexibility index (Phi) is 3.65. The van der Waals surface area contributed by atoms with Crippen molar-refractivity contribution in [2.24, 2.45) is 0 Å². The van der Waals surface area contributed by atoms with Gasteiger partial charge < -0.3 is 10.0 Å². The van der Waals surface area contributed by atoms with E-state index < -0.39 is 0 Å². The van der Waals surface area contributed by atoms with Crippen molar-refractivity contribution in [2.45, 2.75) is 38.8 Å². The molecule has 1 aliphatic rings. The molecule has 1 aromatic rings. The summed E-state index contributed by atoms with van der Waals surface area (Å²) in [6, 6.07) is 8.52. The smallest absolute Gasteiger partial charge is 0.101 e. The third kappa shape index (κ3) is 2.59. The van der Waals surface area contributed by atoms with Crippen LogP contribution in [0.1, 0.15) is 37.3 Å². The van der Waals surface area contributed by atoms with Gasteiger partial charge in [-0.3, -0.25) is 0 Å². The fourth-order valence-electron chi connectivity index (χ4n) is 2.15. The predicted molar refractivity (Wildman–Crippen MR) is 67.7 cm³/mol. The van der Waals surface area contributed by atoms with Crippen LogP contribution in [-0.4, -0.2) is 17.7 Å². The first-order valence-electron chi connectivity index (χ1n) is 6.20. The molecule has 0 atom stereocenters. The summed E-state index contributed by atoms with van der Waals surface area (Å²) in [6.07, 6.45) is 3.54. The first-order valence-corrected chi connectivity index (χ1v) is 6.20. The minimum Gasteiger partial charge on any atom is -0.392 e. The molecular formula is C14H18N2O. The highest BCUT2D eigenvalue weighted by molar-refractivity contribution is 5.61. The van der Waals surface area contributed by atoms with Gasteiger partial charge in [-0.15, -0.1) is 0 Å². The molecule has 0 radical (unpaired) electrons. The molecule has 90 valence electrons. The molecule has 1 saturated carbocycles. The highest BCUT2D eigenvalue weighted by Gasteiger charge is 2.29. The van der Waals surface area contributed by atoms with Gasteiger partial charge in [0.1, 0.15) is 6.07 Å². The van der Waals surface area contributed by atoms with E-state index in [1.807, 2.05) is 12.1 Å². The lowest BCUT2D eigenvalue weighted by atomic mass is 10.1. The molecule has 3 heteroatoms. The SMILES string of the molecule is CCCN(c1ccc(CO)cc1C#N)C1CC1. The molecule has 0 amide bonds. The molecule has 0 spiro atoms. The number of aliphatic hydroxyl groups is 1. The van der Waals surface area contributed by atoms with Gasteiger partial charge in [-0.2, -0.15) is 5.26 Å². The second-order valence-corrected chi connectivity index (χ2v) is 4.55. The Bertz CT molecular complexity index is 432. The van der Waals surface area contributed by atoms with Gasteiger partial charge in [-0.05, 0) is 37.0 Å². The molecule has 0 aromatic heterocycles. The van der Waals surface area contributed by atoms with Crippen molar-refractivity contribution < 1.29 is 5.11 Å². The summed E-state index contributed by atoms with van der Waals surface area (Å²) in [4.78, 5) is 2.33. The quantitative estimate of drug-likeness (QED) is 0.845. The lowest BCUT2D eigenvalue weighted by Crippen LogP contribution is -2.27. The summed E-state index contributed by atoms with van der Waals surface area (Å²) in [6.45, 7) is 3.15. The highest BCUT2D eigenvalue weighted by Crippen LogP contribution is 2.33. The summed E-state index contributed by atoms with van der Waals surface area (Å²) in [5.41, 5.74) is 2.50. The van der Waals surface area contributed by atoms with Gasteiger partial charge >= 0.3 is 0 Å². The van der Waals surface area contributed by atoms with Gasteiger partial charge in [0.25, 0.3) is 0 Å². The van der Waals surface area contributed by atoms with Crippen LogP contribution in [0.4, 0.5) is 5.69 Å². The van der Waals surface area contributed by atoms with E-state index in [-0.39, 0.29) is 6.61 Å². The molecule has 0 aliphatic heterocycles. The number of aliphatic hydroxyl groups excluding tert-OH is 1. The van der Waals surface area contributed by atoms with Crippen LogP contribution in [0.3, 0.4) is 0 Å². The zero-order valence-corrected chi connectivity index (χ0v) is 10.2. The molecule has 1 aromatic carbocycles. The molecule has 3 nitrogen and oxygen atoms in total. The van der Waals surface area contributed by atoms with E-state index in [1.54, 1.807) is 6.07 Å². The standard InChI is InChI=1S/C14H18N2O/c1-2-7-16(13-4-5-13)14-6-3-11(10-17)8-12(14)9-15/h3,6,8,13,17H,2,4-5,7,10H2,1H3. The summed E-state index contributed by atoms with van der Waals surface area (Å²) in [5, 5.41) is 18.3. The monoisotopic (exact) mass is 230 g/mol. The Morgan fingerprint density at radius 3 is 2.76 bits per heavy atom.